The number of carbonyl (C=O) groups is 3. The molecular formula is C27H29N3O6. The Bertz CT molecular complexity index is 1280. The topological polar surface area (TPSA) is 111 Å². The number of nitrogens with zero attached hydrogens (tertiary/aromatic N) is 2. The third kappa shape index (κ3) is 5.40. The van der Waals surface area contributed by atoms with Crippen LogP contribution in [0.15, 0.2) is 47.1 Å². The molecule has 3 aromatic rings. The van der Waals surface area contributed by atoms with Gasteiger partial charge in [0.15, 0.2) is 24.7 Å². The van der Waals surface area contributed by atoms with Gasteiger partial charge in [0.05, 0.1) is 5.69 Å². The number of carbonyl (C=O) groups excluding carboxylic acids is 3. The molecule has 1 N–H and O–H groups in total. The largest absolute Gasteiger partial charge is 0.485 e. The molecule has 36 heavy (non-hydrogen) atoms. The average molecular weight is 492 g/mol. The van der Waals surface area contributed by atoms with E-state index in [1.165, 1.54) is 11.2 Å². The van der Waals surface area contributed by atoms with Gasteiger partial charge in [0.25, 0.3) is 11.8 Å². The molecule has 0 radical (unpaired) electrons. The molecule has 0 spiro atoms. The summed E-state index contributed by atoms with van der Waals surface area (Å²) >= 11 is 0. The SMILES string of the molecule is CCC(C)NC(=O)c1coc(CN2C(=O)COc3ccc(C(=O)COc4c(C)cccc4C)cc32)n1. The molecule has 0 fully saturated rings. The summed E-state index contributed by atoms with van der Waals surface area (Å²) in [4.78, 5) is 43.6. The molecule has 1 aromatic heterocycles. The summed E-state index contributed by atoms with van der Waals surface area (Å²) in [7, 11) is 0. The zero-order chi connectivity index (χ0) is 25.8. The first-order valence-corrected chi connectivity index (χ1v) is 11.8. The summed E-state index contributed by atoms with van der Waals surface area (Å²) in [6, 6.07) is 10.7. The van der Waals surface area contributed by atoms with E-state index in [1.807, 2.05) is 45.9 Å². The van der Waals surface area contributed by atoms with Crippen LogP contribution >= 0.6 is 0 Å². The van der Waals surface area contributed by atoms with Crippen molar-refractivity contribution in [3.63, 3.8) is 0 Å². The van der Waals surface area contributed by atoms with E-state index < -0.39 is 0 Å². The molecule has 0 aliphatic carbocycles. The summed E-state index contributed by atoms with van der Waals surface area (Å²) in [6.45, 7) is 7.40. The number of para-hydroxylation sites is 1. The molecule has 2 amide bonds. The predicted octanol–water partition coefficient (Wildman–Crippen LogP) is 4.01. The second kappa shape index (κ2) is 10.6. The van der Waals surface area contributed by atoms with Gasteiger partial charge in [-0.25, -0.2) is 4.98 Å². The predicted molar refractivity (Wildman–Crippen MR) is 133 cm³/mol. The highest BCUT2D eigenvalue weighted by Gasteiger charge is 2.28. The molecule has 1 aliphatic heterocycles. The van der Waals surface area contributed by atoms with Crippen LogP contribution in [-0.4, -0.2) is 41.8 Å². The van der Waals surface area contributed by atoms with E-state index >= 15 is 0 Å². The number of benzene rings is 2. The number of hydrogen-bond donors (Lipinski definition) is 1. The molecule has 9 heteroatoms. The third-order valence-electron chi connectivity index (χ3n) is 6.05. The van der Waals surface area contributed by atoms with E-state index in [0.717, 1.165) is 17.5 Å². The van der Waals surface area contributed by atoms with Gasteiger partial charge in [-0.05, 0) is 56.5 Å². The van der Waals surface area contributed by atoms with Crippen molar-refractivity contribution < 1.29 is 28.3 Å². The van der Waals surface area contributed by atoms with Crippen LogP contribution in [0.3, 0.4) is 0 Å². The first kappa shape index (κ1) is 25.0. The lowest BCUT2D eigenvalue weighted by atomic mass is 10.1. The van der Waals surface area contributed by atoms with Crippen LogP contribution in [0.25, 0.3) is 0 Å². The number of Topliss-reactive ketones (excluding diaryl/α,β-unsaturated/α-hetero) is 1. The molecule has 2 aromatic carbocycles. The van der Waals surface area contributed by atoms with E-state index in [2.05, 4.69) is 10.3 Å². The van der Waals surface area contributed by atoms with Gasteiger partial charge in [0.2, 0.25) is 5.89 Å². The summed E-state index contributed by atoms with van der Waals surface area (Å²) in [6.07, 6.45) is 2.05. The molecule has 0 saturated heterocycles. The van der Waals surface area contributed by atoms with E-state index in [-0.39, 0.29) is 55.0 Å². The van der Waals surface area contributed by atoms with E-state index in [4.69, 9.17) is 13.9 Å². The second-order valence-corrected chi connectivity index (χ2v) is 8.79. The number of anilines is 1. The van der Waals surface area contributed by atoms with E-state index in [1.54, 1.807) is 18.2 Å². The fourth-order valence-corrected chi connectivity index (χ4v) is 3.82. The number of aromatic nitrogens is 1. The highest BCUT2D eigenvalue weighted by molar-refractivity contribution is 6.02. The van der Waals surface area contributed by atoms with Crippen molar-refractivity contribution in [2.75, 3.05) is 18.1 Å². The zero-order valence-electron chi connectivity index (χ0n) is 20.8. The van der Waals surface area contributed by atoms with Gasteiger partial charge >= 0.3 is 0 Å². The Morgan fingerprint density at radius 2 is 1.94 bits per heavy atom. The van der Waals surface area contributed by atoms with Crippen molar-refractivity contribution in [3.05, 3.63) is 70.9 Å². The number of hydrogen-bond acceptors (Lipinski definition) is 7. The number of fused-ring (bicyclic) bond motifs is 1. The molecule has 1 atom stereocenters. The van der Waals surface area contributed by atoms with Gasteiger partial charge in [-0.3, -0.25) is 19.3 Å². The standard InChI is InChI=1S/C27H29N3O6/c1-5-18(4)28-27(33)20-13-35-24(29-20)12-30-21-11-19(9-10-23(21)34-15-25(30)32)22(31)14-36-26-16(2)7-6-8-17(26)3/h6-11,13,18H,5,12,14-15H2,1-4H3,(H,28,33). The summed E-state index contributed by atoms with van der Waals surface area (Å²) < 4.78 is 16.8. The minimum Gasteiger partial charge on any atom is -0.485 e. The molecule has 9 nitrogen and oxygen atoms in total. The Labute approximate surface area is 209 Å². The highest BCUT2D eigenvalue weighted by atomic mass is 16.5. The summed E-state index contributed by atoms with van der Waals surface area (Å²) in [5.41, 5.74) is 2.83. The number of amides is 2. The smallest absolute Gasteiger partial charge is 0.273 e. The minimum absolute atomic E-state index is 0.00000572. The minimum atomic E-state index is -0.343. The molecule has 1 aliphatic rings. The van der Waals surface area contributed by atoms with Gasteiger partial charge < -0.3 is 19.2 Å². The molecule has 0 saturated carbocycles. The second-order valence-electron chi connectivity index (χ2n) is 8.79. The van der Waals surface area contributed by atoms with Crippen molar-refractivity contribution in [2.24, 2.45) is 0 Å². The normalized spacial score (nSPS) is 13.6. The fraction of sp³-hybridized carbons (Fsp3) is 0.333. The molecule has 0 bridgehead atoms. The lowest BCUT2D eigenvalue weighted by Gasteiger charge is -2.28. The van der Waals surface area contributed by atoms with E-state index in [9.17, 15) is 14.4 Å². The summed E-state index contributed by atoms with van der Waals surface area (Å²) in [5.74, 6) is 0.441. The van der Waals surface area contributed by atoms with Crippen LogP contribution in [0.1, 0.15) is 58.1 Å². The number of ether oxygens (including phenoxy) is 2. The van der Waals surface area contributed by atoms with Gasteiger partial charge in [0, 0.05) is 11.6 Å². The number of oxazole rings is 1. The fourth-order valence-electron chi connectivity index (χ4n) is 3.82. The number of ketones is 1. The monoisotopic (exact) mass is 491 g/mol. The van der Waals surface area contributed by atoms with Gasteiger partial charge in [-0.15, -0.1) is 0 Å². The third-order valence-corrected chi connectivity index (χ3v) is 6.05. The van der Waals surface area contributed by atoms with Crippen molar-refractivity contribution >= 4 is 23.3 Å². The van der Waals surface area contributed by atoms with E-state index in [0.29, 0.717) is 22.7 Å². The maximum Gasteiger partial charge on any atom is 0.273 e. The highest BCUT2D eigenvalue weighted by Crippen LogP contribution is 2.34. The van der Waals surface area contributed by atoms with Crippen LogP contribution in [0.4, 0.5) is 5.69 Å². The number of aryl methyl sites for hydroxylation is 2. The number of rotatable bonds is 9. The van der Waals surface area contributed by atoms with Crippen LogP contribution < -0.4 is 19.7 Å². The maximum absolute atomic E-state index is 12.9. The van der Waals surface area contributed by atoms with Crippen molar-refractivity contribution in [1.82, 2.24) is 10.3 Å². The zero-order valence-corrected chi connectivity index (χ0v) is 20.8. The average Bonchev–Trinajstić information content (AvgIpc) is 3.34. The Hall–Kier alpha value is -4.14. The van der Waals surface area contributed by atoms with Gasteiger partial charge in [-0.2, -0.15) is 0 Å². The summed E-state index contributed by atoms with van der Waals surface area (Å²) in [5, 5.41) is 2.83. The molecule has 188 valence electrons. The molecule has 2 heterocycles. The Morgan fingerprint density at radius 1 is 1.19 bits per heavy atom. The van der Waals surface area contributed by atoms with Crippen LogP contribution in [0, 0.1) is 13.8 Å². The van der Waals surface area contributed by atoms with Gasteiger partial charge in [-0.1, -0.05) is 25.1 Å². The Morgan fingerprint density at radius 3 is 2.67 bits per heavy atom. The lowest BCUT2D eigenvalue weighted by molar-refractivity contribution is -0.121. The molecular weight excluding hydrogens is 462 g/mol. The first-order valence-electron chi connectivity index (χ1n) is 11.8. The lowest BCUT2D eigenvalue weighted by Crippen LogP contribution is -2.38. The van der Waals surface area contributed by atoms with Crippen LogP contribution in [-0.2, 0) is 11.3 Å². The quantitative estimate of drug-likeness (QED) is 0.450. The van der Waals surface area contributed by atoms with Crippen molar-refractivity contribution in [3.8, 4) is 11.5 Å². The number of nitrogens with one attached hydrogen (secondary N) is 1. The first-order chi connectivity index (χ1) is 17.3. The van der Waals surface area contributed by atoms with Crippen molar-refractivity contribution in [2.45, 2.75) is 46.7 Å². The molecule has 1 unspecified atom stereocenters. The van der Waals surface area contributed by atoms with Crippen LogP contribution in [0.5, 0.6) is 11.5 Å². The maximum atomic E-state index is 12.9. The van der Waals surface area contributed by atoms with Gasteiger partial charge in [0.1, 0.15) is 24.3 Å². The Balaban J connectivity index is 1.51. The molecule has 4 rings (SSSR count). The Kier molecular flexibility index (Phi) is 7.38. The van der Waals surface area contributed by atoms with Crippen molar-refractivity contribution in [1.29, 1.82) is 0 Å². The van der Waals surface area contributed by atoms with Crippen LogP contribution in [0.2, 0.25) is 0 Å².